The predicted molar refractivity (Wildman–Crippen MR) is 87.7 cm³/mol. The van der Waals surface area contributed by atoms with Gasteiger partial charge in [-0.2, -0.15) is 0 Å². The van der Waals surface area contributed by atoms with Gasteiger partial charge in [0, 0.05) is 23.7 Å². The lowest BCUT2D eigenvalue weighted by molar-refractivity contribution is -0.157. The Balaban J connectivity index is 0.000000115. The van der Waals surface area contributed by atoms with Crippen LogP contribution in [0.2, 0.25) is 0 Å². The first-order valence-corrected chi connectivity index (χ1v) is 9.77. The zero-order chi connectivity index (χ0) is 18.4. The minimum absolute atomic E-state index is 0.149. The largest absolute Gasteiger partial charge is 0.458 e. The van der Waals surface area contributed by atoms with Crippen molar-refractivity contribution >= 4 is 23.5 Å². The second-order valence-electron chi connectivity index (χ2n) is 9.38. The minimum Gasteiger partial charge on any atom is -0.458 e. The lowest BCUT2D eigenvalue weighted by atomic mass is 9.77. The maximum atomic E-state index is 11.7. The molecule has 6 rings (SSSR count). The van der Waals surface area contributed by atoms with E-state index in [1.54, 1.807) is 0 Å². The van der Waals surface area contributed by atoms with E-state index in [1.807, 2.05) is 13.8 Å². The highest BCUT2D eigenvalue weighted by Gasteiger charge is 2.64. The summed E-state index contributed by atoms with van der Waals surface area (Å²) in [5.74, 6) is -0.341. The van der Waals surface area contributed by atoms with Gasteiger partial charge in [0.05, 0.1) is 0 Å². The van der Waals surface area contributed by atoms with Crippen LogP contribution in [0.3, 0.4) is 0 Å². The van der Waals surface area contributed by atoms with Crippen LogP contribution in [0.15, 0.2) is 0 Å². The lowest BCUT2D eigenvalue weighted by Gasteiger charge is -2.33. The Morgan fingerprint density at radius 1 is 0.731 bits per heavy atom. The fraction of sp³-hybridized carbons (Fsp3) is 0.800. The van der Waals surface area contributed by atoms with Crippen LogP contribution in [0, 0.1) is 35.5 Å². The number of Topliss-reactive ketones (excluding diaryl/α,β-unsaturated/α-hetero) is 2. The Morgan fingerprint density at radius 3 is 1.50 bits per heavy atom. The molecular weight excluding hydrogens is 336 g/mol. The zero-order valence-electron chi connectivity index (χ0n) is 15.2. The molecule has 6 fully saturated rings. The van der Waals surface area contributed by atoms with Gasteiger partial charge in [0.25, 0.3) is 0 Å². The monoisotopic (exact) mass is 360 g/mol. The molecule has 0 N–H and O–H groups in total. The van der Waals surface area contributed by atoms with Crippen molar-refractivity contribution in [3.8, 4) is 0 Å². The van der Waals surface area contributed by atoms with Gasteiger partial charge in [-0.15, -0.1) is 0 Å². The maximum absolute atomic E-state index is 11.7. The van der Waals surface area contributed by atoms with Crippen LogP contribution >= 0.6 is 0 Å². The summed E-state index contributed by atoms with van der Waals surface area (Å²) in [4.78, 5) is 46.2. The van der Waals surface area contributed by atoms with Crippen molar-refractivity contribution in [1.29, 1.82) is 0 Å². The summed E-state index contributed by atoms with van der Waals surface area (Å²) in [6.07, 6.45) is 5.33. The summed E-state index contributed by atoms with van der Waals surface area (Å²) < 4.78 is 10.6. The molecule has 140 valence electrons. The molecule has 26 heavy (non-hydrogen) atoms. The van der Waals surface area contributed by atoms with Crippen LogP contribution in [0.25, 0.3) is 0 Å². The number of hydrogen-bond acceptors (Lipinski definition) is 6. The normalized spacial score (nSPS) is 52.5. The van der Waals surface area contributed by atoms with E-state index in [2.05, 4.69) is 0 Å². The lowest BCUT2D eigenvalue weighted by Crippen LogP contribution is -2.35. The molecule has 2 saturated heterocycles. The Bertz CT molecular complexity index is 681. The summed E-state index contributed by atoms with van der Waals surface area (Å²) >= 11 is 0. The Labute approximate surface area is 152 Å². The van der Waals surface area contributed by atoms with Crippen LogP contribution in [-0.2, 0) is 28.7 Å². The van der Waals surface area contributed by atoms with Crippen LogP contribution in [-0.4, -0.2) is 34.7 Å². The van der Waals surface area contributed by atoms with Crippen molar-refractivity contribution in [3.63, 3.8) is 0 Å². The van der Waals surface area contributed by atoms with E-state index in [0.29, 0.717) is 0 Å². The van der Waals surface area contributed by atoms with Crippen LogP contribution in [0.1, 0.15) is 52.4 Å². The molecule has 4 bridgehead atoms. The number of ether oxygens (including phenoxy) is 2. The summed E-state index contributed by atoms with van der Waals surface area (Å²) in [6.45, 7) is 3.95. The first-order valence-electron chi connectivity index (χ1n) is 9.77. The topological polar surface area (TPSA) is 86.7 Å². The zero-order valence-corrected chi connectivity index (χ0v) is 15.2. The molecule has 2 aliphatic heterocycles. The van der Waals surface area contributed by atoms with Crippen molar-refractivity contribution < 1.29 is 28.7 Å². The van der Waals surface area contributed by atoms with Gasteiger partial charge in [-0.25, -0.2) is 0 Å². The van der Waals surface area contributed by atoms with Crippen molar-refractivity contribution in [3.05, 3.63) is 0 Å². The van der Waals surface area contributed by atoms with Crippen molar-refractivity contribution in [2.24, 2.45) is 35.5 Å². The number of esters is 2. The number of fused-ring (bicyclic) bond motifs is 2. The van der Waals surface area contributed by atoms with E-state index in [4.69, 9.17) is 9.47 Å². The second-order valence-corrected chi connectivity index (χ2v) is 9.38. The third-order valence-corrected chi connectivity index (χ3v) is 8.02. The van der Waals surface area contributed by atoms with Gasteiger partial charge < -0.3 is 9.47 Å². The van der Waals surface area contributed by atoms with E-state index in [9.17, 15) is 19.2 Å². The molecule has 0 spiro atoms. The molecule has 4 aliphatic carbocycles. The maximum Gasteiger partial charge on any atom is 0.317 e. The van der Waals surface area contributed by atoms with Crippen molar-refractivity contribution in [2.45, 2.75) is 63.6 Å². The SMILES string of the molecule is C[C@]12CC[C@@H]3C[C@H]1[C@H](C(=O)O2)C3=O.C[C@]12CC[C@@H]3C[C@H]1[C@H](C(=O)O2)C3=O. The third-order valence-electron chi connectivity index (χ3n) is 8.02. The fourth-order valence-corrected chi connectivity index (χ4v) is 6.44. The molecule has 0 aromatic heterocycles. The number of carbonyl (C=O) groups excluding carboxylic acids is 4. The molecule has 6 aliphatic rings. The molecule has 6 heteroatoms. The summed E-state index contributed by atoms with van der Waals surface area (Å²) in [6, 6.07) is 0. The van der Waals surface area contributed by atoms with Gasteiger partial charge in [0.2, 0.25) is 0 Å². The second kappa shape index (κ2) is 4.96. The van der Waals surface area contributed by atoms with Crippen LogP contribution < -0.4 is 0 Å². The van der Waals surface area contributed by atoms with Gasteiger partial charge >= 0.3 is 11.9 Å². The van der Waals surface area contributed by atoms with Gasteiger partial charge in [0.1, 0.15) is 23.0 Å². The molecular formula is C20H24O6. The average molecular weight is 360 g/mol. The molecule has 0 aromatic carbocycles. The van der Waals surface area contributed by atoms with Gasteiger partial charge in [-0.05, 0) is 52.4 Å². The van der Waals surface area contributed by atoms with E-state index in [-0.39, 0.29) is 58.4 Å². The van der Waals surface area contributed by atoms with Gasteiger partial charge in [-0.3, -0.25) is 19.2 Å². The molecule has 0 unspecified atom stereocenters. The fourth-order valence-electron chi connectivity index (χ4n) is 6.44. The van der Waals surface area contributed by atoms with Gasteiger partial charge in [-0.1, -0.05) is 0 Å². The third kappa shape index (κ3) is 1.93. The standard InChI is InChI=1S/2C10H12O3/c2*1-10-3-2-5-4-6(10)7(8(5)11)9(12)13-10/h2*5-7H,2-4H2,1H3/t2*5-,6+,7+,10+/m11/s1. The minimum atomic E-state index is -0.405. The Morgan fingerprint density at radius 2 is 1.12 bits per heavy atom. The summed E-state index contributed by atoms with van der Waals surface area (Å²) in [7, 11) is 0. The number of hydrogen-bond donors (Lipinski definition) is 0. The first-order chi connectivity index (χ1) is 12.2. The summed E-state index contributed by atoms with van der Waals surface area (Å²) in [5.41, 5.74) is -0.630. The summed E-state index contributed by atoms with van der Waals surface area (Å²) in [5, 5.41) is 0. The van der Waals surface area contributed by atoms with E-state index in [1.165, 1.54) is 0 Å². The molecule has 0 aromatic rings. The molecule has 6 nitrogen and oxygen atoms in total. The van der Waals surface area contributed by atoms with Crippen LogP contribution in [0.4, 0.5) is 0 Å². The first kappa shape index (κ1) is 16.5. The van der Waals surface area contributed by atoms with E-state index in [0.717, 1.165) is 38.5 Å². The highest BCUT2D eigenvalue weighted by molar-refractivity contribution is 6.05. The van der Waals surface area contributed by atoms with E-state index < -0.39 is 11.8 Å². The number of rotatable bonds is 0. The predicted octanol–water partition coefficient (Wildman–Crippen LogP) is 1.83. The quantitative estimate of drug-likeness (QED) is 0.484. The van der Waals surface area contributed by atoms with Gasteiger partial charge in [0.15, 0.2) is 11.6 Å². The number of ketones is 2. The van der Waals surface area contributed by atoms with E-state index >= 15 is 0 Å². The molecule has 8 atom stereocenters. The Hall–Kier alpha value is -1.72. The molecule has 0 amide bonds. The number of carbonyl (C=O) groups is 4. The Kier molecular flexibility index (Phi) is 3.14. The van der Waals surface area contributed by atoms with Crippen molar-refractivity contribution in [2.75, 3.05) is 0 Å². The molecule has 4 saturated carbocycles. The van der Waals surface area contributed by atoms with Crippen LogP contribution in [0.5, 0.6) is 0 Å². The average Bonchev–Trinajstić information content (AvgIpc) is 3.21. The molecule has 0 radical (unpaired) electrons. The highest BCUT2D eigenvalue weighted by Crippen LogP contribution is 2.56. The van der Waals surface area contributed by atoms with Crippen molar-refractivity contribution in [1.82, 2.24) is 0 Å². The smallest absolute Gasteiger partial charge is 0.317 e. The molecule has 2 heterocycles. The highest BCUT2D eigenvalue weighted by atomic mass is 16.6.